The van der Waals surface area contributed by atoms with Gasteiger partial charge in [-0.1, -0.05) is 34.6 Å². The second-order valence-electron chi connectivity index (χ2n) is 9.39. The van der Waals surface area contributed by atoms with Crippen molar-refractivity contribution in [3.63, 3.8) is 0 Å². The van der Waals surface area contributed by atoms with Crippen LogP contribution in [0, 0.1) is 22.7 Å². The third-order valence-electron chi connectivity index (χ3n) is 6.14. The van der Waals surface area contributed by atoms with Gasteiger partial charge in [-0.05, 0) is 35.7 Å². The Morgan fingerprint density at radius 2 is 1.96 bits per heavy atom. The first kappa shape index (κ1) is 19.9. The molecule has 1 N–H and O–H groups in total. The van der Waals surface area contributed by atoms with Crippen molar-refractivity contribution in [1.82, 2.24) is 14.9 Å². The zero-order valence-electron chi connectivity index (χ0n) is 16.6. The molecule has 2 fully saturated rings. The molecule has 8 heteroatoms. The molecule has 27 heavy (non-hydrogen) atoms. The average molecular weight is 384 g/mol. The molecule has 1 aliphatic heterocycles. The van der Waals surface area contributed by atoms with Gasteiger partial charge in [0, 0.05) is 18.8 Å². The molecule has 1 amide bonds. The normalized spacial score (nSPS) is 27.9. The number of hydrogen-bond donors (Lipinski definition) is 1. The van der Waals surface area contributed by atoms with Crippen LogP contribution in [-0.4, -0.2) is 39.4 Å². The molecule has 2 aliphatic rings. The van der Waals surface area contributed by atoms with E-state index in [1.807, 2.05) is 25.7 Å². The lowest BCUT2D eigenvalue weighted by Crippen LogP contribution is -2.52. The van der Waals surface area contributed by atoms with E-state index in [-0.39, 0.29) is 23.2 Å². The fourth-order valence-electron chi connectivity index (χ4n) is 4.49. The number of carbonyl (C=O) groups is 1. The molecule has 3 rings (SSSR count). The molecule has 2 heterocycles. The molecule has 1 saturated heterocycles. The molecule has 1 aromatic rings. The van der Waals surface area contributed by atoms with E-state index in [2.05, 4.69) is 36.1 Å². The van der Waals surface area contributed by atoms with Crippen molar-refractivity contribution >= 4 is 11.7 Å². The Morgan fingerprint density at radius 3 is 2.44 bits per heavy atom. The van der Waals surface area contributed by atoms with Crippen molar-refractivity contribution in [2.45, 2.75) is 59.8 Å². The number of piperidine rings is 1. The van der Waals surface area contributed by atoms with Crippen LogP contribution in [0.5, 0.6) is 0 Å². The van der Waals surface area contributed by atoms with Crippen molar-refractivity contribution in [3.05, 3.63) is 18.1 Å². The molecule has 1 saturated carbocycles. The molecule has 0 radical (unpaired) electrons. The van der Waals surface area contributed by atoms with E-state index in [1.54, 1.807) is 0 Å². The lowest BCUT2D eigenvalue weighted by molar-refractivity contribution is -0.144. The second-order valence-corrected chi connectivity index (χ2v) is 9.39. The average Bonchev–Trinajstić information content (AvgIpc) is 2.87. The molecular weight excluding hydrogens is 357 g/mol. The molecule has 0 unspecified atom stereocenters. The molecule has 0 aromatic carbocycles. The van der Waals surface area contributed by atoms with Gasteiger partial charge in [0.05, 0.1) is 0 Å². The Labute approximate surface area is 157 Å². The Morgan fingerprint density at radius 1 is 1.33 bits per heavy atom. The summed E-state index contributed by atoms with van der Waals surface area (Å²) in [6.07, 6.45) is -3.58. The number of likely N-dealkylation sites (tertiary alicyclic amines) is 1. The standard InChI is InChI=1S/C19H27F3N4O/c1-10-13-11(18(13,5)6)9-26(10)15(27)14(17(2,3)4)24-12-7-8-23-16(25-12)19(20,21)22/h7-8,10-11,13-14H,9H2,1-6H3,(H,23,24,25)/t10-,11+,13-,14-/m1/s1. The fourth-order valence-corrected chi connectivity index (χ4v) is 4.49. The third-order valence-corrected chi connectivity index (χ3v) is 6.14. The highest BCUT2D eigenvalue weighted by molar-refractivity contribution is 5.86. The van der Waals surface area contributed by atoms with Crippen LogP contribution < -0.4 is 5.32 Å². The van der Waals surface area contributed by atoms with Crippen LogP contribution in [0.4, 0.5) is 19.0 Å². The van der Waals surface area contributed by atoms with E-state index in [1.165, 1.54) is 6.07 Å². The Kier molecular flexibility index (Phi) is 4.47. The monoisotopic (exact) mass is 384 g/mol. The van der Waals surface area contributed by atoms with Crippen molar-refractivity contribution in [3.8, 4) is 0 Å². The number of fused-ring (bicyclic) bond motifs is 1. The van der Waals surface area contributed by atoms with Crippen LogP contribution in [0.1, 0.15) is 47.4 Å². The summed E-state index contributed by atoms with van der Waals surface area (Å²) in [6.45, 7) is 12.9. The number of rotatable bonds is 3. The summed E-state index contributed by atoms with van der Waals surface area (Å²) in [5.74, 6) is -0.329. The van der Waals surface area contributed by atoms with Crippen LogP contribution in [0.2, 0.25) is 0 Å². The first-order valence-corrected chi connectivity index (χ1v) is 9.22. The fraction of sp³-hybridized carbons (Fsp3) is 0.737. The minimum Gasteiger partial charge on any atom is -0.358 e. The predicted octanol–water partition coefficient (Wildman–Crippen LogP) is 3.82. The van der Waals surface area contributed by atoms with E-state index >= 15 is 0 Å². The Hall–Kier alpha value is -1.86. The zero-order valence-corrected chi connectivity index (χ0v) is 16.6. The van der Waals surface area contributed by atoms with Gasteiger partial charge >= 0.3 is 6.18 Å². The van der Waals surface area contributed by atoms with Crippen molar-refractivity contribution in [2.24, 2.45) is 22.7 Å². The Bertz CT molecular complexity index is 741. The SMILES string of the molecule is C[C@@H]1[C@@H]2[C@H](CN1C(=O)[C@@H](Nc1ccnc(C(F)(F)F)n1)C(C)(C)C)C2(C)C. The number of anilines is 1. The maximum Gasteiger partial charge on any atom is 0.451 e. The van der Waals surface area contributed by atoms with Gasteiger partial charge in [-0.2, -0.15) is 13.2 Å². The summed E-state index contributed by atoms with van der Waals surface area (Å²) in [5, 5.41) is 2.94. The molecule has 1 aromatic heterocycles. The number of carbonyl (C=O) groups excluding carboxylic acids is 1. The molecule has 150 valence electrons. The zero-order chi connectivity index (χ0) is 20.4. The van der Waals surface area contributed by atoms with Gasteiger partial charge in [0.1, 0.15) is 11.9 Å². The topological polar surface area (TPSA) is 58.1 Å². The van der Waals surface area contributed by atoms with E-state index in [0.29, 0.717) is 18.4 Å². The summed E-state index contributed by atoms with van der Waals surface area (Å²) in [4.78, 5) is 22.0. The van der Waals surface area contributed by atoms with Gasteiger partial charge in [-0.3, -0.25) is 4.79 Å². The number of halogens is 3. The summed E-state index contributed by atoms with van der Waals surface area (Å²) < 4.78 is 38.7. The minimum atomic E-state index is -4.63. The first-order chi connectivity index (χ1) is 12.2. The number of amides is 1. The molecule has 1 aliphatic carbocycles. The number of alkyl halides is 3. The number of nitrogens with one attached hydrogen (secondary N) is 1. The summed E-state index contributed by atoms with van der Waals surface area (Å²) in [6, 6.07) is 0.798. The van der Waals surface area contributed by atoms with Gasteiger partial charge in [0.2, 0.25) is 11.7 Å². The van der Waals surface area contributed by atoms with Gasteiger partial charge in [0.25, 0.3) is 0 Å². The van der Waals surface area contributed by atoms with E-state index in [9.17, 15) is 18.0 Å². The lowest BCUT2D eigenvalue weighted by Gasteiger charge is -2.37. The minimum absolute atomic E-state index is 0.00272. The van der Waals surface area contributed by atoms with Crippen LogP contribution in [0.15, 0.2) is 12.3 Å². The van der Waals surface area contributed by atoms with Gasteiger partial charge in [-0.15, -0.1) is 0 Å². The van der Waals surface area contributed by atoms with Crippen molar-refractivity contribution in [1.29, 1.82) is 0 Å². The maximum atomic E-state index is 13.3. The molecule has 0 bridgehead atoms. The van der Waals surface area contributed by atoms with E-state index in [4.69, 9.17) is 0 Å². The second kappa shape index (κ2) is 6.07. The summed E-state index contributed by atoms with van der Waals surface area (Å²) in [5.41, 5.74) is -0.239. The summed E-state index contributed by atoms with van der Waals surface area (Å²) in [7, 11) is 0. The van der Waals surface area contributed by atoms with Crippen LogP contribution in [0.25, 0.3) is 0 Å². The highest BCUT2D eigenvalue weighted by Gasteiger charge is 2.66. The number of aromatic nitrogens is 2. The molecular formula is C19H27F3N4O. The van der Waals surface area contributed by atoms with Gasteiger partial charge in [0.15, 0.2) is 0 Å². The molecule has 5 nitrogen and oxygen atoms in total. The lowest BCUT2D eigenvalue weighted by atomic mass is 9.85. The third kappa shape index (κ3) is 3.50. The first-order valence-electron chi connectivity index (χ1n) is 9.22. The van der Waals surface area contributed by atoms with Crippen molar-refractivity contribution < 1.29 is 18.0 Å². The quantitative estimate of drug-likeness (QED) is 0.861. The van der Waals surface area contributed by atoms with E-state index < -0.39 is 23.5 Å². The highest BCUT2D eigenvalue weighted by Crippen LogP contribution is 2.64. The largest absolute Gasteiger partial charge is 0.451 e. The predicted molar refractivity (Wildman–Crippen MR) is 95.8 cm³/mol. The van der Waals surface area contributed by atoms with Crippen LogP contribution in [0.3, 0.4) is 0 Å². The van der Waals surface area contributed by atoms with E-state index in [0.717, 1.165) is 6.20 Å². The van der Waals surface area contributed by atoms with Crippen LogP contribution >= 0.6 is 0 Å². The summed E-state index contributed by atoms with van der Waals surface area (Å²) >= 11 is 0. The van der Waals surface area contributed by atoms with Gasteiger partial charge in [-0.25, -0.2) is 9.97 Å². The molecule has 0 spiro atoms. The maximum absolute atomic E-state index is 13.3. The smallest absolute Gasteiger partial charge is 0.358 e. The Balaban J connectivity index is 1.81. The highest BCUT2D eigenvalue weighted by atomic mass is 19.4. The molecule has 4 atom stereocenters. The van der Waals surface area contributed by atoms with Crippen LogP contribution in [-0.2, 0) is 11.0 Å². The number of hydrogen-bond acceptors (Lipinski definition) is 4. The van der Waals surface area contributed by atoms with Gasteiger partial charge < -0.3 is 10.2 Å². The van der Waals surface area contributed by atoms with Crippen molar-refractivity contribution in [2.75, 3.05) is 11.9 Å². The number of nitrogens with zero attached hydrogens (tertiary/aromatic N) is 3.